The Morgan fingerprint density at radius 3 is 2.28 bits per heavy atom. The first kappa shape index (κ1) is 19.0. The second kappa shape index (κ2) is 7.24. The number of aryl methyl sites for hydroxylation is 4. The average molecular weight is 389 g/mol. The molecule has 0 atom stereocenters. The van der Waals surface area contributed by atoms with Crippen LogP contribution in [0.5, 0.6) is 0 Å². The molecule has 2 aromatic carbocycles. The quantitative estimate of drug-likeness (QED) is 0.478. The summed E-state index contributed by atoms with van der Waals surface area (Å²) in [5.74, 6) is 0.716. The highest BCUT2D eigenvalue weighted by molar-refractivity contribution is 5.97. The molecule has 0 aliphatic carbocycles. The van der Waals surface area contributed by atoms with Gasteiger partial charge in [-0.1, -0.05) is 17.7 Å². The Morgan fingerprint density at radius 2 is 1.55 bits per heavy atom. The zero-order chi connectivity index (χ0) is 20.7. The van der Waals surface area contributed by atoms with Gasteiger partial charge in [0.05, 0.1) is 0 Å². The van der Waals surface area contributed by atoms with Gasteiger partial charge in [-0.05, 0) is 63.4 Å². The third kappa shape index (κ3) is 3.56. The predicted octanol–water partition coefficient (Wildman–Crippen LogP) is 5.34. The predicted molar refractivity (Wildman–Crippen MR) is 115 cm³/mol. The molecule has 148 valence electrons. The maximum atomic E-state index is 12.5. The van der Waals surface area contributed by atoms with Crippen LogP contribution in [0.3, 0.4) is 0 Å². The fourth-order valence-electron chi connectivity index (χ4n) is 3.61. The SMILES string of the molecule is Cc1ccc(NC(=O)CCc2c(C)c3cc4c(C)c(C)oc4cc3oc2=O)cc1. The van der Waals surface area contributed by atoms with E-state index in [2.05, 4.69) is 5.32 Å². The van der Waals surface area contributed by atoms with E-state index in [1.165, 1.54) is 0 Å². The molecule has 4 aromatic rings. The summed E-state index contributed by atoms with van der Waals surface area (Å²) in [6.45, 7) is 7.83. The Balaban J connectivity index is 1.62. The van der Waals surface area contributed by atoms with E-state index in [-0.39, 0.29) is 12.3 Å². The summed E-state index contributed by atoms with van der Waals surface area (Å²) in [4.78, 5) is 24.9. The zero-order valence-corrected chi connectivity index (χ0v) is 17.0. The van der Waals surface area contributed by atoms with E-state index < -0.39 is 5.63 Å². The van der Waals surface area contributed by atoms with Crippen LogP contribution < -0.4 is 10.9 Å². The fourth-order valence-corrected chi connectivity index (χ4v) is 3.61. The summed E-state index contributed by atoms with van der Waals surface area (Å²) in [5.41, 5.74) is 5.14. The Kier molecular flexibility index (Phi) is 4.74. The van der Waals surface area contributed by atoms with Crippen LogP contribution in [-0.4, -0.2) is 5.91 Å². The van der Waals surface area contributed by atoms with E-state index in [4.69, 9.17) is 8.83 Å². The molecule has 0 aliphatic rings. The molecule has 2 heterocycles. The molecule has 2 aromatic heterocycles. The van der Waals surface area contributed by atoms with Crippen molar-refractivity contribution in [1.29, 1.82) is 0 Å². The van der Waals surface area contributed by atoms with E-state index in [1.807, 2.05) is 58.0 Å². The first-order valence-electron chi connectivity index (χ1n) is 9.66. The maximum absolute atomic E-state index is 12.5. The third-order valence-electron chi connectivity index (χ3n) is 5.52. The summed E-state index contributed by atoms with van der Waals surface area (Å²) >= 11 is 0. The monoisotopic (exact) mass is 389 g/mol. The number of nitrogens with one attached hydrogen (secondary N) is 1. The number of fused-ring (bicyclic) bond motifs is 2. The highest BCUT2D eigenvalue weighted by Crippen LogP contribution is 2.31. The van der Waals surface area contributed by atoms with Crippen LogP contribution in [-0.2, 0) is 11.2 Å². The molecule has 0 bridgehead atoms. The second-order valence-electron chi connectivity index (χ2n) is 7.54. The lowest BCUT2D eigenvalue weighted by Crippen LogP contribution is -2.16. The van der Waals surface area contributed by atoms with Crippen molar-refractivity contribution < 1.29 is 13.6 Å². The van der Waals surface area contributed by atoms with Gasteiger partial charge in [0, 0.05) is 34.5 Å². The fraction of sp³-hybridized carbons (Fsp3) is 0.250. The van der Waals surface area contributed by atoms with Gasteiger partial charge in [0.2, 0.25) is 5.91 Å². The molecule has 4 rings (SSSR count). The van der Waals surface area contributed by atoms with Crippen LogP contribution in [0.1, 0.15) is 34.4 Å². The number of carbonyl (C=O) groups is 1. The van der Waals surface area contributed by atoms with E-state index >= 15 is 0 Å². The van der Waals surface area contributed by atoms with Crippen molar-refractivity contribution in [3.05, 3.63) is 74.8 Å². The van der Waals surface area contributed by atoms with Crippen molar-refractivity contribution in [2.45, 2.75) is 40.5 Å². The second-order valence-corrected chi connectivity index (χ2v) is 7.54. The van der Waals surface area contributed by atoms with Crippen LogP contribution in [0.2, 0.25) is 0 Å². The molecule has 1 N–H and O–H groups in total. The minimum Gasteiger partial charge on any atom is -0.461 e. The molecule has 29 heavy (non-hydrogen) atoms. The molecule has 0 spiro atoms. The molecular formula is C24H23NO4. The van der Waals surface area contributed by atoms with Crippen LogP contribution >= 0.6 is 0 Å². The van der Waals surface area contributed by atoms with Crippen LogP contribution in [0.15, 0.2) is 50.0 Å². The van der Waals surface area contributed by atoms with Gasteiger partial charge in [-0.15, -0.1) is 0 Å². The molecule has 5 nitrogen and oxygen atoms in total. The largest absolute Gasteiger partial charge is 0.461 e. The van der Waals surface area contributed by atoms with Gasteiger partial charge in [0.25, 0.3) is 0 Å². The minimum atomic E-state index is -0.405. The van der Waals surface area contributed by atoms with Gasteiger partial charge in [-0.2, -0.15) is 0 Å². The lowest BCUT2D eigenvalue weighted by Gasteiger charge is -2.09. The highest BCUT2D eigenvalue weighted by Gasteiger charge is 2.16. The van der Waals surface area contributed by atoms with Crippen molar-refractivity contribution in [2.75, 3.05) is 5.32 Å². The van der Waals surface area contributed by atoms with Gasteiger partial charge in [-0.25, -0.2) is 4.79 Å². The van der Waals surface area contributed by atoms with Crippen molar-refractivity contribution in [3.63, 3.8) is 0 Å². The van der Waals surface area contributed by atoms with E-state index in [9.17, 15) is 9.59 Å². The molecule has 5 heteroatoms. The zero-order valence-electron chi connectivity index (χ0n) is 17.0. The first-order chi connectivity index (χ1) is 13.8. The summed E-state index contributed by atoms with van der Waals surface area (Å²) in [5, 5.41) is 4.75. The lowest BCUT2D eigenvalue weighted by molar-refractivity contribution is -0.116. The topological polar surface area (TPSA) is 72.5 Å². The molecule has 0 aliphatic heterocycles. The number of rotatable bonds is 4. The number of hydrogen-bond donors (Lipinski definition) is 1. The Morgan fingerprint density at radius 1 is 0.897 bits per heavy atom. The summed E-state index contributed by atoms with van der Waals surface area (Å²) < 4.78 is 11.3. The number of anilines is 1. The molecule has 0 fully saturated rings. The molecule has 0 saturated carbocycles. The van der Waals surface area contributed by atoms with Crippen molar-refractivity contribution in [1.82, 2.24) is 0 Å². The van der Waals surface area contributed by atoms with Gasteiger partial charge in [-0.3, -0.25) is 4.79 Å². The van der Waals surface area contributed by atoms with E-state index in [0.29, 0.717) is 23.2 Å². The summed E-state index contributed by atoms with van der Waals surface area (Å²) in [7, 11) is 0. The lowest BCUT2D eigenvalue weighted by atomic mass is 10.0. The first-order valence-corrected chi connectivity index (χ1v) is 9.66. The molecule has 0 radical (unpaired) electrons. The van der Waals surface area contributed by atoms with Crippen LogP contribution in [0, 0.1) is 27.7 Å². The summed E-state index contributed by atoms with van der Waals surface area (Å²) in [6, 6.07) is 11.4. The molecule has 0 saturated heterocycles. The molecule has 0 unspecified atom stereocenters. The number of hydrogen-bond acceptors (Lipinski definition) is 4. The average Bonchev–Trinajstić information content (AvgIpc) is 2.95. The molecule has 1 amide bonds. The smallest absolute Gasteiger partial charge is 0.339 e. The minimum absolute atomic E-state index is 0.135. The van der Waals surface area contributed by atoms with Crippen LogP contribution in [0.4, 0.5) is 5.69 Å². The van der Waals surface area contributed by atoms with Crippen LogP contribution in [0.25, 0.3) is 21.9 Å². The van der Waals surface area contributed by atoms with Crippen molar-refractivity contribution in [2.24, 2.45) is 0 Å². The van der Waals surface area contributed by atoms with Gasteiger partial charge in [0.1, 0.15) is 16.9 Å². The standard InChI is InChI=1S/C24H23NO4/c1-13-5-7-17(8-6-13)25-23(26)10-9-18-15(3)20-11-19-14(2)16(4)28-21(19)12-22(20)29-24(18)27/h5-8,11-12H,9-10H2,1-4H3,(H,25,26). The highest BCUT2D eigenvalue weighted by atomic mass is 16.4. The number of carbonyl (C=O) groups excluding carboxylic acids is 1. The number of furan rings is 1. The Labute approximate surface area is 168 Å². The van der Waals surface area contributed by atoms with Gasteiger partial charge in [0.15, 0.2) is 0 Å². The normalized spacial score (nSPS) is 11.3. The van der Waals surface area contributed by atoms with Gasteiger partial charge >= 0.3 is 5.63 Å². The molecular weight excluding hydrogens is 366 g/mol. The van der Waals surface area contributed by atoms with Gasteiger partial charge < -0.3 is 14.2 Å². The number of amides is 1. The summed E-state index contributed by atoms with van der Waals surface area (Å²) in [6.07, 6.45) is 0.528. The third-order valence-corrected chi connectivity index (χ3v) is 5.52. The Bertz CT molecular complexity index is 1290. The van der Waals surface area contributed by atoms with Crippen molar-refractivity contribution >= 4 is 33.5 Å². The number of benzene rings is 2. The van der Waals surface area contributed by atoms with E-state index in [0.717, 1.165) is 38.9 Å². The van der Waals surface area contributed by atoms with E-state index in [1.54, 1.807) is 6.07 Å². The Hall–Kier alpha value is -3.34. The maximum Gasteiger partial charge on any atom is 0.339 e. The van der Waals surface area contributed by atoms with Crippen molar-refractivity contribution in [3.8, 4) is 0 Å².